The number of hydrogen-bond donors (Lipinski definition) is 1. The first-order valence-corrected chi connectivity index (χ1v) is 3.10. The molecule has 0 fully saturated rings. The van der Waals surface area contributed by atoms with E-state index >= 15 is 0 Å². The van der Waals surface area contributed by atoms with Gasteiger partial charge in [0.05, 0.1) is 0 Å². The molecule has 0 aliphatic rings. The molecule has 0 spiro atoms. The van der Waals surface area contributed by atoms with Crippen LogP contribution in [0.25, 0.3) is 0 Å². The minimum Gasteiger partial charge on any atom is -0.398 e. The fraction of sp³-hybridized carbons (Fsp3) is 0.143. The number of halogens is 2. The second-order valence-corrected chi connectivity index (χ2v) is 2.36. The number of rotatable bonds is 0. The summed E-state index contributed by atoms with van der Waals surface area (Å²) in [4.78, 5) is 0. The molecule has 0 aliphatic heterocycles. The van der Waals surface area contributed by atoms with Crippen molar-refractivity contribution >= 4 is 17.3 Å². The molecule has 1 aromatic rings. The predicted molar refractivity (Wildman–Crippen MR) is 43.1 cm³/mol. The van der Waals surface area contributed by atoms with E-state index < -0.39 is 0 Å². The third-order valence-corrected chi connectivity index (χ3v) is 1.72. The molecular formula is C7H9ClFN. The molecule has 2 N–H and O–H groups in total. The van der Waals surface area contributed by atoms with Crippen LogP contribution in [0.5, 0.6) is 0 Å². The maximum absolute atomic E-state index is 5.73. The summed E-state index contributed by atoms with van der Waals surface area (Å²) in [6.07, 6.45) is 0. The van der Waals surface area contributed by atoms with Gasteiger partial charge in [-0.3, -0.25) is 4.70 Å². The van der Waals surface area contributed by atoms with Crippen molar-refractivity contribution in [2.24, 2.45) is 0 Å². The zero-order valence-electron chi connectivity index (χ0n) is 5.60. The van der Waals surface area contributed by atoms with Crippen molar-refractivity contribution in [2.45, 2.75) is 6.92 Å². The Morgan fingerprint density at radius 2 is 2.00 bits per heavy atom. The SMILES string of the molecule is Cc1c(N)cccc1Cl.F. The highest BCUT2D eigenvalue weighted by Crippen LogP contribution is 2.19. The largest absolute Gasteiger partial charge is 0.398 e. The summed E-state index contributed by atoms with van der Waals surface area (Å²) in [5, 5.41) is 0.731. The first-order chi connectivity index (χ1) is 4.22. The van der Waals surface area contributed by atoms with E-state index in [1.165, 1.54) is 0 Å². The Labute approximate surface area is 64.2 Å². The van der Waals surface area contributed by atoms with Crippen LogP contribution >= 0.6 is 11.6 Å². The highest BCUT2D eigenvalue weighted by molar-refractivity contribution is 6.31. The summed E-state index contributed by atoms with van der Waals surface area (Å²) in [6.45, 7) is 1.90. The third-order valence-electron chi connectivity index (χ3n) is 1.31. The Hall–Kier alpha value is -0.760. The summed E-state index contributed by atoms with van der Waals surface area (Å²) < 4.78 is 0. The van der Waals surface area contributed by atoms with Gasteiger partial charge in [0, 0.05) is 10.7 Å². The van der Waals surface area contributed by atoms with Crippen molar-refractivity contribution in [1.82, 2.24) is 0 Å². The van der Waals surface area contributed by atoms with Crippen LogP contribution < -0.4 is 5.73 Å². The molecule has 1 aromatic carbocycles. The Bertz CT molecular complexity index is 205. The van der Waals surface area contributed by atoms with Crippen LogP contribution in [0.1, 0.15) is 5.56 Å². The second-order valence-electron chi connectivity index (χ2n) is 1.95. The van der Waals surface area contributed by atoms with Gasteiger partial charge in [0.1, 0.15) is 0 Å². The summed E-state index contributed by atoms with van der Waals surface area (Å²) in [6, 6.07) is 5.50. The van der Waals surface area contributed by atoms with Crippen molar-refractivity contribution in [3.05, 3.63) is 28.8 Å². The lowest BCUT2D eigenvalue weighted by molar-refractivity contribution is 1.11. The zero-order valence-corrected chi connectivity index (χ0v) is 6.35. The standard InChI is InChI=1S/C7H8ClN.FH/c1-5-6(8)3-2-4-7(5)9;/h2-4H,9H2,1H3;1H. The Morgan fingerprint density at radius 1 is 1.40 bits per heavy atom. The van der Waals surface area contributed by atoms with Crippen LogP contribution in [0.2, 0.25) is 5.02 Å². The van der Waals surface area contributed by atoms with Gasteiger partial charge < -0.3 is 5.73 Å². The Kier molecular flexibility index (Phi) is 3.16. The molecule has 0 bridgehead atoms. The number of anilines is 1. The smallest absolute Gasteiger partial charge is 0.0455 e. The fourth-order valence-corrected chi connectivity index (χ4v) is 0.806. The molecule has 0 radical (unpaired) electrons. The lowest BCUT2D eigenvalue weighted by Crippen LogP contribution is -1.87. The van der Waals surface area contributed by atoms with Gasteiger partial charge in [-0.1, -0.05) is 17.7 Å². The molecule has 0 atom stereocenters. The van der Waals surface area contributed by atoms with Gasteiger partial charge in [0.25, 0.3) is 0 Å². The van der Waals surface area contributed by atoms with E-state index in [1.54, 1.807) is 0 Å². The van der Waals surface area contributed by atoms with Crippen molar-refractivity contribution in [3.63, 3.8) is 0 Å². The number of hydrogen-bond acceptors (Lipinski definition) is 1. The highest BCUT2D eigenvalue weighted by Gasteiger charge is 1.94. The molecule has 0 amide bonds. The summed E-state index contributed by atoms with van der Waals surface area (Å²) >= 11 is 5.73. The van der Waals surface area contributed by atoms with Crippen LogP contribution in [0.15, 0.2) is 18.2 Å². The van der Waals surface area contributed by atoms with Gasteiger partial charge in [-0.05, 0) is 24.6 Å². The van der Waals surface area contributed by atoms with Gasteiger partial charge in [-0.15, -0.1) is 0 Å². The van der Waals surface area contributed by atoms with E-state index in [1.807, 2.05) is 25.1 Å². The topological polar surface area (TPSA) is 26.0 Å². The van der Waals surface area contributed by atoms with Gasteiger partial charge in [0.2, 0.25) is 0 Å². The van der Waals surface area contributed by atoms with Crippen molar-refractivity contribution < 1.29 is 4.70 Å². The van der Waals surface area contributed by atoms with Gasteiger partial charge in [-0.25, -0.2) is 0 Å². The molecule has 0 unspecified atom stereocenters. The van der Waals surface area contributed by atoms with E-state index in [0.29, 0.717) is 0 Å². The second kappa shape index (κ2) is 3.42. The first-order valence-electron chi connectivity index (χ1n) is 2.72. The lowest BCUT2D eigenvalue weighted by Gasteiger charge is -1.98. The molecule has 1 nitrogen and oxygen atoms in total. The number of nitrogen functional groups attached to an aromatic ring is 1. The van der Waals surface area contributed by atoms with Crippen LogP contribution in [0.4, 0.5) is 10.4 Å². The fourth-order valence-electron chi connectivity index (χ4n) is 0.624. The quantitative estimate of drug-likeness (QED) is 0.581. The number of benzene rings is 1. The van der Waals surface area contributed by atoms with Crippen molar-refractivity contribution in [2.75, 3.05) is 5.73 Å². The highest BCUT2D eigenvalue weighted by atomic mass is 35.5. The molecule has 1 rings (SSSR count). The number of nitrogens with two attached hydrogens (primary N) is 1. The third kappa shape index (κ3) is 1.61. The summed E-state index contributed by atoms with van der Waals surface area (Å²) in [5.74, 6) is 0. The molecule has 3 heteroatoms. The molecule has 0 heterocycles. The van der Waals surface area contributed by atoms with Crippen LogP contribution in [0.3, 0.4) is 0 Å². The normalized spacial score (nSPS) is 8.60. The molecule has 0 aromatic heterocycles. The van der Waals surface area contributed by atoms with E-state index in [9.17, 15) is 0 Å². The zero-order chi connectivity index (χ0) is 6.85. The van der Waals surface area contributed by atoms with Crippen LogP contribution in [-0.2, 0) is 0 Å². The maximum atomic E-state index is 5.73. The van der Waals surface area contributed by atoms with E-state index in [4.69, 9.17) is 17.3 Å². The van der Waals surface area contributed by atoms with Crippen molar-refractivity contribution in [1.29, 1.82) is 0 Å². The maximum Gasteiger partial charge on any atom is 0.0455 e. The molecular weight excluding hydrogens is 153 g/mol. The van der Waals surface area contributed by atoms with Crippen molar-refractivity contribution in [3.8, 4) is 0 Å². The van der Waals surface area contributed by atoms with E-state index in [-0.39, 0.29) is 4.70 Å². The van der Waals surface area contributed by atoms with Gasteiger partial charge in [-0.2, -0.15) is 0 Å². The molecule has 0 aliphatic carbocycles. The molecule has 0 saturated heterocycles. The van der Waals surface area contributed by atoms with Gasteiger partial charge in [0.15, 0.2) is 0 Å². The minimum atomic E-state index is 0. The molecule has 0 saturated carbocycles. The monoisotopic (exact) mass is 161 g/mol. The summed E-state index contributed by atoms with van der Waals surface area (Å²) in [7, 11) is 0. The van der Waals surface area contributed by atoms with Gasteiger partial charge >= 0.3 is 0 Å². The first kappa shape index (κ1) is 9.24. The lowest BCUT2D eigenvalue weighted by atomic mass is 10.2. The van der Waals surface area contributed by atoms with E-state index in [2.05, 4.69) is 0 Å². The average molecular weight is 162 g/mol. The van der Waals surface area contributed by atoms with Crippen LogP contribution in [-0.4, -0.2) is 0 Å². The summed E-state index contributed by atoms with van der Waals surface area (Å²) in [5.41, 5.74) is 7.25. The average Bonchev–Trinajstić information content (AvgIpc) is 1.83. The predicted octanol–water partition coefficient (Wildman–Crippen LogP) is 2.38. The van der Waals surface area contributed by atoms with E-state index in [0.717, 1.165) is 16.3 Å². The molecule has 56 valence electrons. The molecule has 10 heavy (non-hydrogen) atoms. The Morgan fingerprint density at radius 3 is 2.40 bits per heavy atom. The minimum absolute atomic E-state index is 0. The Balaban J connectivity index is 0.000000810. The van der Waals surface area contributed by atoms with Crippen LogP contribution in [0, 0.1) is 6.92 Å².